The molecule has 1 rings (SSSR count). The molecule has 1 aromatic heterocycles. The van der Waals surface area contributed by atoms with Gasteiger partial charge in [0.05, 0.1) is 6.20 Å². The second kappa shape index (κ2) is 4.78. The largest absolute Gasteiger partial charge is 0.480 e. The van der Waals surface area contributed by atoms with Crippen LogP contribution in [0.4, 0.5) is 0 Å². The molecular weight excluding hydrogens is 196 g/mol. The quantitative estimate of drug-likeness (QED) is 0.703. The molecule has 0 aromatic carbocycles. The highest BCUT2D eigenvalue weighted by Gasteiger charge is 2.20. The van der Waals surface area contributed by atoms with E-state index in [1.807, 2.05) is 0 Å². The number of rotatable bonds is 3. The molecule has 0 aliphatic heterocycles. The first-order valence-electron chi connectivity index (χ1n) is 3.41. The monoisotopic (exact) mass is 206 g/mol. The van der Waals surface area contributed by atoms with Crippen molar-refractivity contribution in [2.75, 3.05) is 7.05 Å². The van der Waals surface area contributed by atoms with E-state index in [1.54, 1.807) is 14.1 Å². The summed E-state index contributed by atoms with van der Waals surface area (Å²) >= 11 is 0. The van der Waals surface area contributed by atoms with Crippen LogP contribution in [-0.2, 0) is 11.8 Å². The van der Waals surface area contributed by atoms with Gasteiger partial charge in [-0.1, -0.05) is 0 Å². The van der Waals surface area contributed by atoms with Crippen LogP contribution in [0.5, 0.6) is 0 Å². The average Bonchev–Trinajstić information content (AvgIpc) is 2.37. The number of likely N-dealkylation sites (N-methyl/N-ethyl adjacent to an activating group) is 1. The Labute approximate surface area is 81.3 Å². The number of carbonyl (C=O) groups is 1. The average molecular weight is 207 g/mol. The summed E-state index contributed by atoms with van der Waals surface area (Å²) in [5.74, 6) is -0.960. The molecule has 2 N–H and O–H groups in total. The summed E-state index contributed by atoms with van der Waals surface area (Å²) in [5, 5.41) is 18.9. The number of hydrogen-bond acceptors (Lipinski definition) is 4. The van der Waals surface area contributed by atoms with E-state index in [0.29, 0.717) is 5.69 Å². The molecule has 0 aliphatic rings. The normalized spacial score (nSPS) is 11.8. The van der Waals surface area contributed by atoms with Crippen molar-refractivity contribution >= 4 is 18.4 Å². The summed E-state index contributed by atoms with van der Waals surface area (Å²) in [5.41, 5.74) is 0.410. The van der Waals surface area contributed by atoms with Crippen LogP contribution in [0, 0.1) is 0 Å². The van der Waals surface area contributed by atoms with Crippen LogP contribution >= 0.6 is 12.4 Å². The Bertz CT molecular complexity index is 288. The van der Waals surface area contributed by atoms with Crippen molar-refractivity contribution in [2.45, 2.75) is 6.04 Å². The SMILES string of the molecule is CNC(C(=O)O)c1cnn(C)n1.Cl. The summed E-state index contributed by atoms with van der Waals surface area (Å²) in [6.45, 7) is 0. The maximum absolute atomic E-state index is 10.6. The van der Waals surface area contributed by atoms with Gasteiger partial charge in [0.15, 0.2) is 6.04 Å². The molecule has 0 saturated heterocycles. The molecule has 0 aliphatic carbocycles. The van der Waals surface area contributed by atoms with Gasteiger partial charge in [-0.05, 0) is 7.05 Å². The van der Waals surface area contributed by atoms with E-state index in [4.69, 9.17) is 5.11 Å². The Balaban J connectivity index is 0.00000144. The highest BCUT2D eigenvalue weighted by Crippen LogP contribution is 2.06. The Morgan fingerprint density at radius 2 is 2.38 bits per heavy atom. The molecule has 1 unspecified atom stereocenters. The summed E-state index contributed by atoms with van der Waals surface area (Å²) in [7, 11) is 3.20. The van der Waals surface area contributed by atoms with Gasteiger partial charge in [-0.2, -0.15) is 15.0 Å². The van der Waals surface area contributed by atoms with Gasteiger partial charge < -0.3 is 10.4 Å². The van der Waals surface area contributed by atoms with Crippen molar-refractivity contribution in [1.82, 2.24) is 20.3 Å². The summed E-state index contributed by atoms with van der Waals surface area (Å²) in [4.78, 5) is 11.9. The zero-order chi connectivity index (χ0) is 9.14. The minimum absolute atomic E-state index is 0. The van der Waals surface area contributed by atoms with Crippen molar-refractivity contribution in [3.63, 3.8) is 0 Å². The van der Waals surface area contributed by atoms with Crippen molar-refractivity contribution in [2.24, 2.45) is 7.05 Å². The van der Waals surface area contributed by atoms with Crippen LogP contribution in [0.1, 0.15) is 11.7 Å². The first-order valence-corrected chi connectivity index (χ1v) is 3.41. The van der Waals surface area contributed by atoms with Crippen LogP contribution in [-0.4, -0.2) is 33.1 Å². The lowest BCUT2D eigenvalue weighted by molar-refractivity contribution is -0.139. The zero-order valence-corrected chi connectivity index (χ0v) is 8.08. The summed E-state index contributed by atoms with van der Waals surface area (Å²) in [6, 6.07) is -0.779. The fourth-order valence-electron chi connectivity index (χ4n) is 0.892. The van der Waals surface area contributed by atoms with E-state index < -0.39 is 12.0 Å². The lowest BCUT2D eigenvalue weighted by Gasteiger charge is -2.05. The molecule has 0 bridgehead atoms. The molecule has 0 saturated carbocycles. The van der Waals surface area contributed by atoms with Crippen molar-refractivity contribution < 1.29 is 9.90 Å². The molecule has 0 fully saturated rings. The molecule has 0 spiro atoms. The van der Waals surface area contributed by atoms with Crippen LogP contribution < -0.4 is 5.32 Å². The Kier molecular flexibility index (Phi) is 4.36. The molecular formula is C6H11ClN4O2. The van der Waals surface area contributed by atoms with Crippen LogP contribution in [0.25, 0.3) is 0 Å². The van der Waals surface area contributed by atoms with E-state index in [9.17, 15) is 4.79 Å². The molecule has 74 valence electrons. The molecule has 0 radical (unpaired) electrons. The standard InChI is InChI=1S/C6H10N4O2.ClH/c1-7-5(6(11)12)4-3-8-10(2)9-4;/h3,5,7H,1-2H3,(H,11,12);1H. The third kappa shape index (κ3) is 2.67. The number of aliphatic carboxylic acids is 1. The Hall–Kier alpha value is -1.14. The minimum atomic E-state index is -0.960. The molecule has 13 heavy (non-hydrogen) atoms. The number of nitrogens with one attached hydrogen (secondary N) is 1. The van der Waals surface area contributed by atoms with E-state index in [1.165, 1.54) is 11.0 Å². The number of hydrogen-bond donors (Lipinski definition) is 2. The molecule has 7 heteroatoms. The minimum Gasteiger partial charge on any atom is -0.480 e. The highest BCUT2D eigenvalue weighted by molar-refractivity contribution is 5.85. The smallest absolute Gasteiger partial charge is 0.327 e. The van der Waals surface area contributed by atoms with Gasteiger partial charge in [-0.15, -0.1) is 12.4 Å². The Morgan fingerprint density at radius 1 is 1.77 bits per heavy atom. The van der Waals surface area contributed by atoms with Gasteiger partial charge in [0.25, 0.3) is 0 Å². The third-order valence-corrected chi connectivity index (χ3v) is 1.45. The summed E-state index contributed by atoms with van der Waals surface area (Å²) < 4.78 is 0. The molecule has 1 atom stereocenters. The van der Waals surface area contributed by atoms with Gasteiger partial charge in [-0.3, -0.25) is 4.79 Å². The lowest BCUT2D eigenvalue weighted by Crippen LogP contribution is -2.25. The zero-order valence-electron chi connectivity index (χ0n) is 7.26. The van der Waals surface area contributed by atoms with E-state index in [-0.39, 0.29) is 12.4 Å². The predicted octanol–water partition coefficient (Wildman–Crippen LogP) is -0.418. The first-order chi connectivity index (χ1) is 5.65. The maximum atomic E-state index is 10.6. The molecule has 0 amide bonds. The molecule has 1 heterocycles. The lowest BCUT2D eigenvalue weighted by atomic mass is 10.2. The van der Waals surface area contributed by atoms with E-state index >= 15 is 0 Å². The van der Waals surface area contributed by atoms with Crippen molar-refractivity contribution in [1.29, 1.82) is 0 Å². The number of nitrogens with zero attached hydrogens (tertiary/aromatic N) is 3. The Morgan fingerprint density at radius 3 is 2.69 bits per heavy atom. The molecule has 6 nitrogen and oxygen atoms in total. The highest BCUT2D eigenvalue weighted by atomic mass is 35.5. The van der Waals surface area contributed by atoms with Gasteiger partial charge in [0.1, 0.15) is 5.69 Å². The molecule has 1 aromatic rings. The van der Waals surface area contributed by atoms with Gasteiger partial charge in [-0.25, -0.2) is 0 Å². The number of aromatic nitrogens is 3. The number of aryl methyl sites for hydroxylation is 1. The summed E-state index contributed by atoms with van der Waals surface area (Å²) in [6.07, 6.45) is 1.43. The van der Waals surface area contributed by atoms with Gasteiger partial charge >= 0.3 is 5.97 Å². The third-order valence-electron chi connectivity index (χ3n) is 1.45. The predicted molar refractivity (Wildman–Crippen MR) is 47.7 cm³/mol. The topological polar surface area (TPSA) is 80.0 Å². The van der Waals surface area contributed by atoms with E-state index in [2.05, 4.69) is 15.5 Å². The first kappa shape index (κ1) is 11.9. The van der Waals surface area contributed by atoms with Crippen LogP contribution in [0.3, 0.4) is 0 Å². The maximum Gasteiger partial charge on any atom is 0.327 e. The van der Waals surface area contributed by atoms with Crippen molar-refractivity contribution in [3.8, 4) is 0 Å². The second-order valence-electron chi connectivity index (χ2n) is 2.32. The van der Waals surface area contributed by atoms with Crippen molar-refractivity contribution in [3.05, 3.63) is 11.9 Å². The number of carboxylic acids is 1. The number of carboxylic acid groups (broad SMARTS) is 1. The van der Waals surface area contributed by atoms with Crippen LogP contribution in [0.15, 0.2) is 6.20 Å². The fourth-order valence-corrected chi connectivity index (χ4v) is 0.892. The number of halogens is 1. The van der Waals surface area contributed by atoms with Gasteiger partial charge in [0, 0.05) is 7.05 Å². The van der Waals surface area contributed by atoms with E-state index in [0.717, 1.165) is 0 Å². The van der Waals surface area contributed by atoms with Gasteiger partial charge in [0.2, 0.25) is 0 Å². The fraction of sp³-hybridized carbons (Fsp3) is 0.500. The van der Waals surface area contributed by atoms with Crippen LogP contribution in [0.2, 0.25) is 0 Å². The second-order valence-corrected chi connectivity index (χ2v) is 2.32.